The molecule has 2 unspecified atom stereocenters. The zero-order valence-corrected chi connectivity index (χ0v) is 8.82. The molecule has 1 saturated carbocycles. The highest BCUT2D eigenvalue weighted by molar-refractivity contribution is 4.95. The molecule has 3 heteroatoms. The first kappa shape index (κ1) is 9.71. The van der Waals surface area contributed by atoms with Crippen molar-refractivity contribution in [2.24, 2.45) is 18.7 Å². The molecule has 2 rings (SSSR count). The van der Waals surface area contributed by atoms with E-state index in [-0.39, 0.29) is 0 Å². The Bertz CT molecular complexity index is 292. The number of nitrogens with zero attached hydrogens (tertiary/aromatic N) is 2. The SMILES string of the molecule is Cn1ccnc1CC1CCCCC1N. The molecule has 2 N–H and O–H groups in total. The van der Waals surface area contributed by atoms with Gasteiger partial charge in [-0.3, -0.25) is 0 Å². The third kappa shape index (κ3) is 1.98. The number of imidazole rings is 1. The van der Waals surface area contributed by atoms with Gasteiger partial charge in [0.25, 0.3) is 0 Å². The summed E-state index contributed by atoms with van der Waals surface area (Å²) in [5, 5.41) is 0. The van der Waals surface area contributed by atoms with Crippen LogP contribution in [0.2, 0.25) is 0 Å². The van der Waals surface area contributed by atoms with E-state index in [0.29, 0.717) is 12.0 Å². The van der Waals surface area contributed by atoms with Gasteiger partial charge in [0.05, 0.1) is 0 Å². The van der Waals surface area contributed by atoms with E-state index in [4.69, 9.17) is 5.73 Å². The first-order valence-electron chi connectivity index (χ1n) is 5.49. The molecule has 14 heavy (non-hydrogen) atoms. The van der Waals surface area contributed by atoms with Gasteiger partial charge in [0.2, 0.25) is 0 Å². The van der Waals surface area contributed by atoms with E-state index in [1.54, 1.807) is 0 Å². The third-order valence-corrected chi connectivity index (χ3v) is 3.33. The lowest BCUT2D eigenvalue weighted by Gasteiger charge is -2.28. The average molecular weight is 193 g/mol. The van der Waals surface area contributed by atoms with Crippen molar-refractivity contribution >= 4 is 0 Å². The second-order valence-corrected chi connectivity index (χ2v) is 4.37. The summed E-state index contributed by atoms with van der Waals surface area (Å²) in [6, 6.07) is 0.389. The van der Waals surface area contributed by atoms with Gasteiger partial charge in [-0.05, 0) is 18.8 Å². The first-order chi connectivity index (χ1) is 6.77. The van der Waals surface area contributed by atoms with Crippen LogP contribution in [0.5, 0.6) is 0 Å². The molecule has 0 amide bonds. The van der Waals surface area contributed by atoms with Crippen molar-refractivity contribution < 1.29 is 0 Å². The maximum Gasteiger partial charge on any atom is 0.108 e. The van der Waals surface area contributed by atoms with Crippen molar-refractivity contribution in [1.82, 2.24) is 9.55 Å². The summed E-state index contributed by atoms with van der Waals surface area (Å²) in [6.07, 6.45) is 10.0. The number of aryl methyl sites for hydroxylation is 1. The van der Waals surface area contributed by atoms with Crippen LogP contribution < -0.4 is 5.73 Å². The van der Waals surface area contributed by atoms with Crippen molar-refractivity contribution in [3.8, 4) is 0 Å². The first-order valence-corrected chi connectivity index (χ1v) is 5.49. The van der Waals surface area contributed by atoms with E-state index >= 15 is 0 Å². The minimum Gasteiger partial charge on any atom is -0.338 e. The van der Waals surface area contributed by atoms with E-state index in [9.17, 15) is 0 Å². The molecule has 0 radical (unpaired) electrons. The summed E-state index contributed by atoms with van der Waals surface area (Å²) < 4.78 is 2.10. The van der Waals surface area contributed by atoms with Crippen LogP contribution in [0.1, 0.15) is 31.5 Å². The standard InChI is InChI=1S/C11H19N3/c1-14-7-6-13-11(14)8-9-4-2-3-5-10(9)12/h6-7,9-10H,2-5,8,12H2,1H3. The maximum atomic E-state index is 6.11. The van der Waals surface area contributed by atoms with Crippen molar-refractivity contribution in [3.63, 3.8) is 0 Å². The monoisotopic (exact) mass is 193 g/mol. The molecule has 0 saturated heterocycles. The fraction of sp³-hybridized carbons (Fsp3) is 0.727. The Morgan fingerprint density at radius 2 is 2.29 bits per heavy atom. The normalized spacial score (nSPS) is 27.9. The molecule has 3 nitrogen and oxygen atoms in total. The van der Waals surface area contributed by atoms with Crippen LogP contribution >= 0.6 is 0 Å². The predicted molar refractivity (Wildman–Crippen MR) is 56.8 cm³/mol. The zero-order valence-electron chi connectivity index (χ0n) is 8.82. The minimum atomic E-state index is 0.389. The molecule has 1 fully saturated rings. The fourth-order valence-electron chi connectivity index (χ4n) is 2.32. The van der Waals surface area contributed by atoms with Crippen molar-refractivity contribution in [3.05, 3.63) is 18.2 Å². The maximum absolute atomic E-state index is 6.11. The van der Waals surface area contributed by atoms with Gasteiger partial charge in [-0.2, -0.15) is 0 Å². The molecule has 0 spiro atoms. The Balaban J connectivity index is 1.99. The quantitative estimate of drug-likeness (QED) is 0.773. The molecule has 2 atom stereocenters. The number of hydrogen-bond acceptors (Lipinski definition) is 2. The largest absolute Gasteiger partial charge is 0.338 e. The van der Waals surface area contributed by atoms with Gasteiger partial charge in [0.15, 0.2) is 0 Å². The third-order valence-electron chi connectivity index (χ3n) is 3.33. The summed E-state index contributed by atoms with van der Waals surface area (Å²) >= 11 is 0. The molecule has 0 aliphatic heterocycles. The van der Waals surface area contributed by atoms with Gasteiger partial charge in [-0.15, -0.1) is 0 Å². The predicted octanol–water partition coefficient (Wildman–Crippen LogP) is 1.48. The fourth-order valence-corrected chi connectivity index (χ4v) is 2.32. The Morgan fingerprint density at radius 1 is 1.50 bits per heavy atom. The van der Waals surface area contributed by atoms with Crippen LogP contribution in [0, 0.1) is 5.92 Å². The van der Waals surface area contributed by atoms with Gasteiger partial charge in [0, 0.05) is 31.9 Å². The highest BCUT2D eigenvalue weighted by Crippen LogP contribution is 2.25. The highest BCUT2D eigenvalue weighted by atomic mass is 15.0. The average Bonchev–Trinajstić information content (AvgIpc) is 2.56. The molecule has 1 aromatic heterocycles. The van der Waals surface area contributed by atoms with E-state index in [2.05, 4.69) is 16.6 Å². The lowest BCUT2D eigenvalue weighted by molar-refractivity contribution is 0.300. The number of rotatable bonds is 2. The van der Waals surface area contributed by atoms with Crippen LogP contribution in [0.15, 0.2) is 12.4 Å². The van der Waals surface area contributed by atoms with Crippen LogP contribution in [-0.2, 0) is 13.5 Å². The molecule has 78 valence electrons. The van der Waals surface area contributed by atoms with Crippen molar-refractivity contribution in [2.75, 3.05) is 0 Å². The molecule has 0 bridgehead atoms. The van der Waals surface area contributed by atoms with E-state index in [1.807, 2.05) is 12.4 Å². The number of hydrogen-bond donors (Lipinski definition) is 1. The van der Waals surface area contributed by atoms with Gasteiger partial charge in [0.1, 0.15) is 5.82 Å². The van der Waals surface area contributed by atoms with Gasteiger partial charge >= 0.3 is 0 Å². The Kier molecular flexibility index (Phi) is 2.87. The van der Waals surface area contributed by atoms with Gasteiger partial charge in [-0.25, -0.2) is 4.98 Å². The molecular weight excluding hydrogens is 174 g/mol. The second-order valence-electron chi connectivity index (χ2n) is 4.37. The van der Waals surface area contributed by atoms with Crippen LogP contribution in [0.3, 0.4) is 0 Å². The lowest BCUT2D eigenvalue weighted by atomic mass is 9.83. The van der Waals surface area contributed by atoms with E-state index < -0.39 is 0 Å². The second kappa shape index (κ2) is 4.13. The Morgan fingerprint density at radius 3 is 2.93 bits per heavy atom. The van der Waals surface area contributed by atoms with Crippen LogP contribution in [0.25, 0.3) is 0 Å². The number of aromatic nitrogens is 2. The smallest absolute Gasteiger partial charge is 0.108 e. The molecule has 1 heterocycles. The molecule has 1 aliphatic rings. The van der Waals surface area contributed by atoms with Crippen LogP contribution in [0.4, 0.5) is 0 Å². The molecular formula is C11H19N3. The molecule has 0 aromatic carbocycles. The zero-order chi connectivity index (χ0) is 9.97. The number of nitrogens with two attached hydrogens (primary N) is 1. The summed E-state index contributed by atoms with van der Waals surface area (Å²) in [5.41, 5.74) is 6.11. The van der Waals surface area contributed by atoms with Gasteiger partial charge < -0.3 is 10.3 Å². The lowest BCUT2D eigenvalue weighted by Crippen LogP contribution is -2.34. The van der Waals surface area contributed by atoms with Gasteiger partial charge in [-0.1, -0.05) is 12.8 Å². The molecule has 1 aliphatic carbocycles. The summed E-state index contributed by atoms with van der Waals surface area (Å²) in [7, 11) is 2.05. The minimum absolute atomic E-state index is 0.389. The Labute approximate surface area is 85.3 Å². The van der Waals surface area contributed by atoms with Crippen LogP contribution in [-0.4, -0.2) is 15.6 Å². The van der Waals surface area contributed by atoms with E-state index in [1.165, 1.54) is 31.5 Å². The van der Waals surface area contributed by atoms with E-state index in [0.717, 1.165) is 6.42 Å². The Hall–Kier alpha value is -0.830. The summed E-state index contributed by atoms with van der Waals surface area (Å²) in [6.45, 7) is 0. The van der Waals surface area contributed by atoms with Crippen molar-refractivity contribution in [1.29, 1.82) is 0 Å². The summed E-state index contributed by atoms with van der Waals surface area (Å²) in [4.78, 5) is 4.35. The summed E-state index contributed by atoms with van der Waals surface area (Å²) in [5.74, 6) is 1.82. The molecule has 1 aromatic rings. The highest BCUT2D eigenvalue weighted by Gasteiger charge is 2.22. The topological polar surface area (TPSA) is 43.8 Å². The van der Waals surface area contributed by atoms with Crippen molar-refractivity contribution in [2.45, 2.75) is 38.1 Å².